The predicted molar refractivity (Wildman–Crippen MR) is 72.8 cm³/mol. The van der Waals surface area contributed by atoms with E-state index < -0.39 is 0 Å². The maximum Gasteiger partial charge on any atom is 0.0233 e. The molecule has 2 atom stereocenters. The molecule has 1 aromatic rings. The molecule has 2 nitrogen and oxygen atoms in total. The van der Waals surface area contributed by atoms with Crippen molar-refractivity contribution >= 4 is 0 Å². The highest BCUT2D eigenvalue weighted by molar-refractivity contribution is 5.22. The van der Waals surface area contributed by atoms with E-state index in [9.17, 15) is 0 Å². The first kappa shape index (κ1) is 12.6. The number of likely N-dealkylation sites (tertiary alicyclic amines) is 1. The average molecular weight is 232 g/mol. The Morgan fingerprint density at radius 3 is 3.00 bits per heavy atom. The Kier molecular flexibility index (Phi) is 4.19. The van der Waals surface area contributed by atoms with Crippen molar-refractivity contribution in [2.24, 2.45) is 11.7 Å². The van der Waals surface area contributed by atoms with Crippen LogP contribution in [0, 0.1) is 12.8 Å². The largest absolute Gasteiger partial charge is 0.328 e. The van der Waals surface area contributed by atoms with Gasteiger partial charge in [0, 0.05) is 19.1 Å². The SMILES string of the molecule is Cc1cccc(CN2CCC(CC(C)N)C2)c1. The summed E-state index contributed by atoms with van der Waals surface area (Å²) >= 11 is 0. The fraction of sp³-hybridized carbons (Fsp3) is 0.600. The van der Waals surface area contributed by atoms with E-state index in [1.807, 2.05) is 0 Å². The van der Waals surface area contributed by atoms with E-state index in [1.54, 1.807) is 0 Å². The van der Waals surface area contributed by atoms with Crippen molar-refractivity contribution in [1.29, 1.82) is 0 Å². The van der Waals surface area contributed by atoms with Gasteiger partial charge in [-0.1, -0.05) is 29.8 Å². The van der Waals surface area contributed by atoms with Gasteiger partial charge in [0.2, 0.25) is 0 Å². The fourth-order valence-electron chi connectivity index (χ4n) is 2.84. The normalized spacial score (nSPS) is 22.9. The zero-order valence-electron chi connectivity index (χ0n) is 11.0. The second kappa shape index (κ2) is 5.65. The zero-order chi connectivity index (χ0) is 12.3. The molecule has 2 N–H and O–H groups in total. The van der Waals surface area contributed by atoms with E-state index in [0.717, 1.165) is 12.5 Å². The van der Waals surface area contributed by atoms with Crippen LogP contribution >= 0.6 is 0 Å². The van der Waals surface area contributed by atoms with Crippen LogP contribution in [-0.2, 0) is 6.54 Å². The molecule has 0 saturated carbocycles. The highest BCUT2D eigenvalue weighted by Crippen LogP contribution is 2.22. The van der Waals surface area contributed by atoms with Crippen LogP contribution in [0.3, 0.4) is 0 Å². The Labute approximate surface area is 105 Å². The van der Waals surface area contributed by atoms with E-state index in [4.69, 9.17) is 5.73 Å². The zero-order valence-corrected chi connectivity index (χ0v) is 11.0. The molecule has 0 radical (unpaired) electrons. The van der Waals surface area contributed by atoms with Crippen molar-refractivity contribution in [3.8, 4) is 0 Å². The summed E-state index contributed by atoms with van der Waals surface area (Å²) in [4.78, 5) is 2.56. The van der Waals surface area contributed by atoms with Crippen LogP contribution < -0.4 is 5.73 Å². The van der Waals surface area contributed by atoms with E-state index in [1.165, 1.54) is 37.1 Å². The van der Waals surface area contributed by atoms with Crippen LogP contribution in [0.15, 0.2) is 24.3 Å². The summed E-state index contributed by atoms with van der Waals surface area (Å²) in [5, 5.41) is 0. The van der Waals surface area contributed by atoms with Crippen LogP contribution in [-0.4, -0.2) is 24.0 Å². The van der Waals surface area contributed by atoms with Gasteiger partial charge < -0.3 is 5.73 Å². The summed E-state index contributed by atoms with van der Waals surface area (Å²) in [6, 6.07) is 9.18. The van der Waals surface area contributed by atoms with Crippen molar-refractivity contribution in [3.05, 3.63) is 35.4 Å². The third-order valence-corrected chi connectivity index (χ3v) is 3.56. The number of nitrogens with zero attached hydrogens (tertiary/aromatic N) is 1. The first-order chi connectivity index (χ1) is 8.13. The summed E-state index contributed by atoms with van der Waals surface area (Å²) in [5.41, 5.74) is 8.66. The molecule has 17 heavy (non-hydrogen) atoms. The van der Waals surface area contributed by atoms with Crippen molar-refractivity contribution in [2.45, 2.75) is 39.3 Å². The van der Waals surface area contributed by atoms with Gasteiger partial charge in [-0.15, -0.1) is 0 Å². The molecule has 0 aliphatic carbocycles. The molecular weight excluding hydrogens is 208 g/mol. The number of aryl methyl sites for hydroxylation is 1. The van der Waals surface area contributed by atoms with E-state index in [-0.39, 0.29) is 0 Å². The first-order valence-corrected chi connectivity index (χ1v) is 6.67. The molecule has 2 heteroatoms. The molecule has 0 amide bonds. The Bertz CT molecular complexity index is 360. The third kappa shape index (κ3) is 3.83. The standard InChI is InChI=1S/C15H24N2/c1-12-4-3-5-14(8-12)10-17-7-6-15(11-17)9-13(2)16/h3-5,8,13,15H,6-7,9-11,16H2,1-2H3. The van der Waals surface area contributed by atoms with Crippen LogP contribution in [0.1, 0.15) is 30.9 Å². The van der Waals surface area contributed by atoms with Gasteiger partial charge in [-0.3, -0.25) is 4.90 Å². The lowest BCUT2D eigenvalue weighted by molar-refractivity contribution is 0.310. The second-order valence-electron chi connectivity index (χ2n) is 5.59. The summed E-state index contributed by atoms with van der Waals surface area (Å²) in [5.74, 6) is 0.805. The van der Waals surface area contributed by atoms with Crippen molar-refractivity contribution in [3.63, 3.8) is 0 Å². The number of rotatable bonds is 4. The molecule has 2 rings (SSSR count). The first-order valence-electron chi connectivity index (χ1n) is 6.67. The minimum atomic E-state index is 0.346. The Balaban J connectivity index is 1.85. The van der Waals surface area contributed by atoms with E-state index in [0.29, 0.717) is 6.04 Å². The lowest BCUT2D eigenvalue weighted by Crippen LogP contribution is -2.23. The maximum atomic E-state index is 5.87. The minimum absolute atomic E-state index is 0.346. The Morgan fingerprint density at radius 1 is 1.47 bits per heavy atom. The summed E-state index contributed by atoms with van der Waals surface area (Å²) in [6.45, 7) is 7.81. The van der Waals surface area contributed by atoms with Gasteiger partial charge in [0.15, 0.2) is 0 Å². The van der Waals surface area contributed by atoms with Gasteiger partial charge in [-0.2, -0.15) is 0 Å². The van der Waals surface area contributed by atoms with Crippen molar-refractivity contribution in [1.82, 2.24) is 4.90 Å². The molecule has 2 unspecified atom stereocenters. The molecule has 1 heterocycles. The third-order valence-electron chi connectivity index (χ3n) is 3.56. The van der Waals surface area contributed by atoms with Gasteiger partial charge >= 0.3 is 0 Å². The molecule has 94 valence electrons. The second-order valence-corrected chi connectivity index (χ2v) is 5.59. The molecule has 1 aromatic carbocycles. The van der Waals surface area contributed by atoms with Crippen molar-refractivity contribution in [2.75, 3.05) is 13.1 Å². The van der Waals surface area contributed by atoms with E-state index >= 15 is 0 Å². The van der Waals surface area contributed by atoms with Crippen LogP contribution in [0.25, 0.3) is 0 Å². The lowest BCUT2D eigenvalue weighted by atomic mass is 10.0. The molecule has 0 spiro atoms. The van der Waals surface area contributed by atoms with Crippen LogP contribution in [0.5, 0.6) is 0 Å². The molecule has 1 aliphatic rings. The summed E-state index contributed by atoms with van der Waals surface area (Å²) in [7, 11) is 0. The topological polar surface area (TPSA) is 29.3 Å². The predicted octanol–water partition coefficient (Wildman–Crippen LogP) is 2.55. The van der Waals surface area contributed by atoms with Gasteiger partial charge in [-0.05, 0) is 44.7 Å². The molecule has 1 fully saturated rings. The van der Waals surface area contributed by atoms with Gasteiger partial charge in [0.05, 0.1) is 0 Å². The average Bonchev–Trinajstić information content (AvgIpc) is 2.64. The highest BCUT2D eigenvalue weighted by Gasteiger charge is 2.22. The summed E-state index contributed by atoms with van der Waals surface area (Å²) < 4.78 is 0. The highest BCUT2D eigenvalue weighted by atomic mass is 15.1. The van der Waals surface area contributed by atoms with Crippen LogP contribution in [0.2, 0.25) is 0 Å². The van der Waals surface area contributed by atoms with Gasteiger partial charge in [0.25, 0.3) is 0 Å². The molecule has 1 aliphatic heterocycles. The lowest BCUT2D eigenvalue weighted by Gasteiger charge is -2.17. The molecular formula is C15H24N2. The monoisotopic (exact) mass is 232 g/mol. The smallest absolute Gasteiger partial charge is 0.0233 e. The molecule has 1 saturated heterocycles. The quantitative estimate of drug-likeness (QED) is 0.864. The number of hydrogen-bond donors (Lipinski definition) is 1. The Morgan fingerprint density at radius 2 is 2.29 bits per heavy atom. The number of nitrogens with two attached hydrogens (primary N) is 1. The number of benzene rings is 1. The fourth-order valence-corrected chi connectivity index (χ4v) is 2.84. The van der Waals surface area contributed by atoms with Crippen LogP contribution in [0.4, 0.5) is 0 Å². The van der Waals surface area contributed by atoms with Gasteiger partial charge in [-0.25, -0.2) is 0 Å². The number of hydrogen-bond acceptors (Lipinski definition) is 2. The van der Waals surface area contributed by atoms with Gasteiger partial charge in [0.1, 0.15) is 0 Å². The minimum Gasteiger partial charge on any atom is -0.328 e. The maximum absolute atomic E-state index is 5.87. The van der Waals surface area contributed by atoms with Crippen molar-refractivity contribution < 1.29 is 0 Å². The summed E-state index contributed by atoms with van der Waals surface area (Å²) in [6.07, 6.45) is 2.48. The molecule has 0 aromatic heterocycles. The van der Waals surface area contributed by atoms with E-state index in [2.05, 4.69) is 43.0 Å². The molecule has 0 bridgehead atoms. The Hall–Kier alpha value is -0.860.